The fraction of sp³-hybridized carbons (Fsp3) is 0.368. The molecule has 3 heteroatoms. The molecule has 1 aliphatic carbocycles. The van der Waals surface area contributed by atoms with Gasteiger partial charge in [-0.1, -0.05) is 30.4 Å². The van der Waals surface area contributed by atoms with Crippen molar-refractivity contribution < 1.29 is 4.74 Å². The summed E-state index contributed by atoms with van der Waals surface area (Å²) in [5.41, 5.74) is 1.80. The number of benzene rings is 1. The lowest BCUT2D eigenvalue weighted by Gasteiger charge is -2.26. The zero-order valence-electron chi connectivity index (χ0n) is 12.6. The van der Waals surface area contributed by atoms with Crippen molar-refractivity contribution in [1.82, 2.24) is 0 Å². The molecule has 0 N–H and O–H groups in total. The lowest BCUT2D eigenvalue weighted by atomic mass is 9.87. The van der Waals surface area contributed by atoms with Gasteiger partial charge in [-0.05, 0) is 49.3 Å². The van der Waals surface area contributed by atoms with Gasteiger partial charge >= 0.3 is 0 Å². The van der Waals surface area contributed by atoms with Gasteiger partial charge in [0.05, 0.1) is 30.4 Å². The van der Waals surface area contributed by atoms with E-state index in [0.29, 0.717) is 24.2 Å². The summed E-state index contributed by atoms with van der Waals surface area (Å²) in [5, 5.41) is 17.2. The van der Waals surface area contributed by atoms with Crippen LogP contribution in [0.25, 0.3) is 0 Å². The molecule has 3 nitrogen and oxygen atoms in total. The van der Waals surface area contributed by atoms with Crippen molar-refractivity contribution in [2.75, 3.05) is 0 Å². The lowest BCUT2D eigenvalue weighted by Crippen LogP contribution is -2.20. The van der Waals surface area contributed by atoms with Crippen LogP contribution in [0.3, 0.4) is 0 Å². The van der Waals surface area contributed by atoms with Crippen LogP contribution in [0.4, 0.5) is 0 Å². The maximum atomic E-state index is 8.77. The van der Waals surface area contributed by atoms with E-state index in [2.05, 4.69) is 12.1 Å². The SMILES string of the molecule is N#C/C=C/C=C/[C@H]1CC[C@H](OCc2ccc(C#N)cc2)CC1. The van der Waals surface area contributed by atoms with Crippen LogP contribution in [0, 0.1) is 28.6 Å². The first-order valence-electron chi connectivity index (χ1n) is 7.65. The molecule has 2 rings (SSSR count). The van der Waals surface area contributed by atoms with E-state index in [1.54, 1.807) is 6.08 Å². The Hall–Kier alpha value is -2.36. The second kappa shape index (κ2) is 8.82. The first-order chi connectivity index (χ1) is 10.8. The summed E-state index contributed by atoms with van der Waals surface area (Å²) in [4.78, 5) is 0. The zero-order chi connectivity index (χ0) is 15.6. The summed E-state index contributed by atoms with van der Waals surface area (Å²) < 4.78 is 5.97. The summed E-state index contributed by atoms with van der Waals surface area (Å²) in [6.07, 6.45) is 12.2. The lowest BCUT2D eigenvalue weighted by molar-refractivity contribution is 0.0110. The summed E-state index contributed by atoms with van der Waals surface area (Å²) in [6, 6.07) is 11.7. The highest BCUT2D eigenvalue weighted by Gasteiger charge is 2.19. The van der Waals surface area contributed by atoms with Crippen LogP contribution < -0.4 is 0 Å². The quantitative estimate of drug-likeness (QED) is 0.601. The van der Waals surface area contributed by atoms with E-state index >= 15 is 0 Å². The third-order valence-electron chi connectivity index (χ3n) is 3.95. The van der Waals surface area contributed by atoms with Crippen LogP contribution in [0.1, 0.15) is 36.8 Å². The molecular weight excluding hydrogens is 272 g/mol. The Kier molecular flexibility index (Phi) is 6.42. The highest BCUT2D eigenvalue weighted by molar-refractivity contribution is 5.31. The number of nitrogens with zero attached hydrogens (tertiary/aromatic N) is 2. The van der Waals surface area contributed by atoms with Crippen LogP contribution in [-0.4, -0.2) is 6.10 Å². The summed E-state index contributed by atoms with van der Waals surface area (Å²) >= 11 is 0. The highest BCUT2D eigenvalue weighted by atomic mass is 16.5. The fourth-order valence-corrected chi connectivity index (χ4v) is 2.66. The molecule has 0 radical (unpaired) electrons. The van der Waals surface area contributed by atoms with Gasteiger partial charge in [0.15, 0.2) is 0 Å². The molecule has 0 unspecified atom stereocenters. The second-order valence-electron chi connectivity index (χ2n) is 5.53. The van der Waals surface area contributed by atoms with Gasteiger partial charge in [0.25, 0.3) is 0 Å². The van der Waals surface area contributed by atoms with Crippen molar-refractivity contribution >= 4 is 0 Å². The number of rotatable bonds is 5. The van der Waals surface area contributed by atoms with Gasteiger partial charge in [-0.3, -0.25) is 0 Å². The van der Waals surface area contributed by atoms with Gasteiger partial charge in [-0.25, -0.2) is 0 Å². The fourth-order valence-electron chi connectivity index (χ4n) is 2.66. The summed E-state index contributed by atoms with van der Waals surface area (Å²) in [5.74, 6) is 0.595. The standard InChI is InChI=1S/C19H20N2O/c20-13-3-1-2-4-16-9-11-19(12-10-16)22-15-18-7-5-17(14-21)6-8-18/h1-8,16,19H,9-12,15H2/b3-1+,4-2+/t16-,19-. The van der Waals surface area contributed by atoms with Gasteiger partial charge in [0.1, 0.15) is 0 Å². The molecule has 1 aromatic rings. The molecule has 1 fully saturated rings. The molecule has 22 heavy (non-hydrogen) atoms. The molecule has 112 valence electrons. The molecular formula is C19H20N2O. The van der Waals surface area contributed by atoms with E-state index in [9.17, 15) is 0 Å². The van der Waals surface area contributed by atoms with Gasteiger partial charge in [-0.2, -0.15) is 10.5 Å². The van der Waals surface area contributed by atoms with Crippen molar-refractivity contribution in [1.29, 1.82) is 10.5 Å². The van der Waals surface area contributed by atoms with Crippen LogP contribution in [0.2, 0.25) is 0 Å². The molecule has 0 aromatic heterocycles. The Labute approximate surface area is 132 Å². The van der Waals surface area contributed by atoms with Gasteiger partial charge in [0, 0.05) is 6.08 Å². The molecule has 1 saturated carbocycles. The highest BCUT2D eigenvalue weighted by Crippen LogP contribution is 2.27. The minimum Gasteiger partial charge on any atom is -0.374 e. The van der Waals surface area contributed by atoms with E-state index in [-0.39, 0.29) is 0 Å². The van der Waals surface area contributed by atoms with Gasteiger partial charge in [0.2, 0.25) is 0 Å². The Morgan fingerprint density at radius 1 is 1.05 bits per heavy atom. The minimum atomic E-state index is 0.329. The molecule has 0 amide bonds. The van der Waals surface area contributed by atoms with Crippen molar-refractivity contribution in [3.05, 3.63) is 59.7 Å². The number of hydrogen-bond donors (Lipinski definition) is 0. The average Bonchev–Trinajstić information content (AvgIpc) is 2.58. The Bertz CT molecular complexity index is 594. The molecule has 1 aliphatic rings. The predicted molar refractivity (Wildman–Crippen MR) is 85.6 cm³/mol. The number of nitriles is 2. The van der Waals surface area contributed by atoms with E-state index in [4.69, 9.17) is 15.3 Å². The smallest absolute Gasteiger partial charge is 0.0991 e. The molecule has 0 aliphatic heterocycles. The Morgan fingerprint density at radius 3 is 2.41 bits per heavy atom. The van der Waals surface area contributed by atoms with E-state index < -0.39 is 0 Å². The van der Waals surface area contributed by atoms with Crippen LogP contribution in [-0.2, 0) is 11.3 Å². The summed E-state index contributed by atoms with van der Waals surface area (Å²) in [6.45, 7) is 0.613. The molecule has 0 saturated heterocycles. The number of hydrogen-bond acceptors (Lipinski definition) is 3. The number of ether oxygens (including phenoxy) is 1. The second-order valence-corrected chi connectivity index (χ2v) is 5.53. The van der Waals surface area contributed by atoms with E-state index in [1.165, 1.54) is 6.08 Å². The van der Waals surface area contributed by atoms with E-state index in [0.717, 1.165) is 31.2 Å². The molecule has 0 bridgehead atoms. The molecule has 0 heterocycles. The molecule has 0 spiro atoms. The first kappa shape index (κ1) is 16.0. The van der Waals surface area contributed by atoms with Crippen molar-refractivity contribution in [2.24, 2.45) is 5.92 Å². The zero-order valence-corrected chi connectivity index (χ0v) is 12.6. The topological polar surface area (TPSA) is 56.8 Å². The van der Waals surface area contributed by atoms with Gasteiger partial charge in [-0.15, -0.1) is 0 Å². The monoisotopic (exact) mass is 292 g/mol. The van der Waals surface area contributed by atoms with Crippen molar-refractivity contribution in [3.63, 3.8) is 0 Å². The third-order valence-corrected chi connectivity index (χ3v) is 3.95. The molecule has 1 aromatic carbocycles. The van der Waals surface area contributed by atoms with Crippen LogP contribution >= 0.6 is 0 Å². The largest absolute Gasteiger partial charge is 0.374 e. The summed E-state index contributed by atoms with van der Waals surface area (Å²) in [7, 11) is 0. The van der Waals surface area contributed by atoms with Crippen molar-refractivity contribution in [3.8, 4) is 12.1 Å². The number of allylic oxidation sites excluding steroid dienone is 4. The van der Waals surface area contributed by atoms with Crippen LogP contribution in [0.15, 0.2) is 48.6 Å². The normalized spacial score (nSPS) is 21.7. The molecule has 0 atom stereocenters. The minimum absolute atomic E-state index is 0.329. The van der Waals surface area contributed by atoms with Gasteiger partial charge < -0.3 is 4.74 Å². The van der Waals surface area contributed by atoms with Crippen LogP contribution in [0.5, 0.6) is 0 Å². The Balaban J connectivity index is 1.71. The van der Waals surface area contributed by atoms with E-state index in [1.807, 2.05) is 36.4 Å². The maximum Gasteiger partial charge on any atom is 0.0991 e. The predicted octanol–water partition coefficient (Wildman–Crippen LogP) is 4.27. The van der Waals surface area contributed by atoms with Crippen molar-refractivity contribution in [2.45, 2.75) is 38.4 Å². The average molecular weight is 292 g/mol. The third kappa shape index (κ3) is 5.20. The first-order valence-corrected chi connectivity index (χ1v) is 7.65. The Morgan fingerprint density at radius 2 is 1.77 bits per heavy atom. The maximum absolute atomic E-state index is 8.77.